The Morgan fingerprint density at radius 3 is 3.00 bits per heavy atom. The summed E-state index contributed by atoms with van der Waals surface area (Å²) in [5.74, 6) is 0.260. The summed E-state index contributed by atoms with van der Waals surface area (Å²) in [7, 11) is 0. The van der Waals surface area contributed by atoms with Crippen LogP contribution in [0.25, 0.3) is 11.3 Å². The van der Waals surface area contributed by atoms with Crippen molar-refractivity contribution in [1.82, 2.24) is 14.8 Å². The highest BCUT2D eigenvalue weighted by molar-refractivity contribution is 5.65. The zero-order valence-electron chi connectivity index (χ0n) is 10.4. The lowest BCUT2D eigenvalue weighted by molar-refractivity contribution is 0.229. The minimum absolute atomic E-state index is 0.443. The zero-order chi connectivity index (χ0) is 12.7. The fourth-order valence-corrected chi connectivity index (χ4v) is 2.23. The van der Waals surface area contributed by atoms with Crippen LogP contribution in [0.2, 0.25) is 0 Å². The second-order valence-electron chi connectivity index (χ2n) is 4.55. The average molecular weight is 247 g/mol. The van der Waals surface area contributed by atoms with E-state index >= 15 is 0 Å². The van der Waals surface area contributed by atoms with E-state index in [1.54, 1.807) is 10.7 Å². The van der Waals surface area contributed by atoms with E-state index in [-0.39, 0.29) is 0 Å². The van der Waals surface area contributed by atoms with E-state index in [9.17, 15) is 4.39 Å². The molecule has 0 unspecified atom stereocenters. The number of hydrogen-bond acceptors (Lipinski definition) is 3. The predicted molar refractivity (Wildman–Crippen MR) is 65.0 cm³/mol. The smallest absolute Gasteiger partial charge is 0.222 e. The van der Waals surface area contributed by atoms with Crippen LogP contribution in [0.3, 0.4) is 0 Å². The Kier molecular flexibility index (Phi) is 2.54. The summed E-state index contributed by atoms with van der Waals surface area (Å²) < 4.78 is 21.2. The molecule has 1 aliphatic rings. The summed E-state index contributed by atoms with van der Waals surface area (Å²) in [5.41, 5.74) is 2.86. The summed E-state index contributed by atoms with van der Waals surface area (Å²) in [5, 5.41) is 4.43. The number of pyridine rings is 1. The number of fused-ring (bicyclic) bond motifs is 1. The van der Waals surface area contributed by atoms with Crippen LogP contribution >= 0.6 is 0 Å². The molecule has 5 heteroatoms. The molecule has 0 atom stereocenters. The lowest BCUT2D eigenvalue weighted by Crippen LogP contribution is -2.14. The molecule has 3 rings (SSSR count). The second-order valence-corrected chi connectivity index (χ2v) is 4.55. The molecule has 0 aliphatic carbocycles. The van der Waals surface area contributed by atoms with Gasteiger partial charge in [0, 0.05) is 24.7 Å². The van der Waals surface area contributed by atoms with Crippen molar-refractivity contribution in [2.24, 2.45) is 0 Å². The molecular formula is C13H14FN3O. The number of aromatic nitrogens is 3. The van der Waals surface area contributed by atoms with Gasteiger partial charge in [-0.25, -0.2) is 9.67 Å². The standard InChI is InChI=1S/C13H14FN3O/c1-8-6-10(12(14)15-7-8)11-9(2)13-17(16-11)4-3-5-18-13/h6-7H,3-5H2,1-2H3. The Morgan fingerprint density at radius 2 is 2.22 bits per heavy atom. The SMILES string of the molecule is Cc1cnc(F)c(-c2nn3c(c2C)OCCC3)c1. The van der Waals surface area contributed by atoms with Gasteiger partial charge in [-0.05, 0) is 25.5 Å². The first kappa shape index (κ1) is 11.2. The number of halogens is 1. The highest BCUT2D eigenvalue weighted by Gasteiger charge is 2.22. The molecule has 0 fully saturated rings. The number of hydrogen-bond donors (Lipinski definition) is 0. The van der Waals surface area contributed by atoms with Gasteiger partial charge >= 0.3 is 0 Å². The van der Waals surface area contributed by atoms with Gasteiger partial charge in [-0.1, -0.05) is 0 Å². The fraction of sp³-hybridized carbons (Fsp3) is 0.385. The molecule has 0 saturated carbocycles. The van der Waals surface area contributed by atoms with E-state index in [0.29, 0.717) is 17.9 Å². The van der Waals surface area contributed by atoms with E-state index in [0.717, 1.165) is 30.0 Å². The summed E-state index contributed by atoms with van der Waals surface area (Å²) in [6, 6.07) is 1.77. The fourth-order valence-electron chi connectivity index (χ4n) is 2.23. The third kappa shape index (κ3) is 1.66. The molecule has 0 saturated heterocycles. The van der Waals surface area contributed by atoms with Gasteiger partial charge < -0.3 is 4.74 Å². The van der Waals surface area contributed by atoms with E-state index in [4.69, 9.17) is 4.74 Å². The van der Waals surface area contributed by atoms with Gasteiger partial charge in [-0.2, -0.15) is 9.49 Å². The Morgan fingerprint density at radius 1 is 1.39 bits per heavy atom. The van der Waals surface area contributed by atoms with Crippen LogP contribution in [0.4, 0.5) is 4.39 Å². The molecule has 4 nitrogen and oxygen atoms in total. The summed E-state index contributed by atoms with van der Waals surface area (Å²) >= 11 is 0. The molecule has 0 amide bonds. The first-order valence-electron chi connectivity index (χ1n) is 5.99. The van der Waals surface area contributed by atoms with Gasteiger partial charge in [0.05, 0.1) is 12.2 Å². The topological polar surface area (TPSA) is 39.9 Å². The van der Waals surface area contributed by atoms with Gasteiger partial charge in [0.25, 0.3) is 0 Å². The van der Waals surface area contributed by atoms with Crippen LogP contribution in [0.1, 0.15) is 17.5 Å². The summed E-state index contributed by atoms with van der Waals surface area (Å²) in [6.45, 7) is 5.30. The molecule has 2 aromatic rings. The van der Waals surface area contributed by atoms with Crippen LogP contribution in [-0.4, -0.2) is 21.4 Å². The predicted octanol–water partition coefficient (Wildman–Crippen LogP) is 2.48. The van der Waals surface area contributed by atoms with Crippen molar-refractivity contribution < 1.29 is 9.13 Å². The molecule has 0 spiro atoms. The highest BCUT2D eigenvalue weighted by atomic mass is 19.1. The minimum Gasteiger partial charge on any atom is -0.478 e. The third-order valence-electron chi connectivity index (χ3n) is 3.12. The lowest BCUT2D eigenvalue weighted by Gasteiger charge is -2.14. The number of ether oxygens (including phenoxy) is 1. The van der Waals surface area contributed by atoms with E-state index in [1.165, 1.54) is 6.20 Å². The summed E-state index contributed by atoms with van der Waals surface area (Å²) in [6.07, 6.45) is 2.45. The van der Waals surface area contributed by atoms with Crippen LogP contribution in [-0.2, 0) is 6.54 Å². The second kappa shape index (κ2) is 4.08. The quantitative estimate of drug-likeness (QED) is 0.727. The maximum atomic E-state index is 13.8. The average Bonchev–Trinajstić information content (AvgIpc) is 2.71. The largest absolute Gasteiger partial charge is 0.478 e. The van der Waals surface area contributed by atoms with E-state index < -0.39 is 5.95 Å². The lowest BCUT2D eigenvalue weighted by atomic mass is 10.1. The monoisotopic (exact) mass is 247 g/mol. The maximum absolute atomic E-state index is 13.8. The highest BCUT2D eigenvalue weighted by Crippen LogP contribution is 2.32. The number of aryl methyl sites for hydroxylation is 2. The molecule has 94 valence electrons. The molecule has 2 aromatic heterocycles. The van der Waals surface area contributed by atoms with Gasteiger partial charge in [0.15, 0.2) is 0 Å². The van der Waals surface area contributed by atoms with Gasteiger partial charge in [-0.3, -0.25) is 0 Å². The first-order chi connectivity index (χ1) is 8.66. The molecular weight excluding hydrogens is 233 g/mol. The van der Waals surface area contributed by atoms with Crippen molar-refractivity contribution in [3.63, 3.8) is 0 Å². The first-order valence-corrected chi connectivity index (χ1v) is 5.99. The van der Waals surface area contributed by atoms with Gasteiger partial charge in [0.1, 0.15) is 5.69 Å². The molecule has 1 aliphatic heterocycles. The van der Waals surface area contributed by atoms with Crippen LogP contribution in [0.15, 0.2) is 12.3 Å². The molecule has 0 aromatic carbocycles. The van der Waals surface area contributed by atoms with Crippen molar-refractivity contribution in [3.8, 4) is 17.1 Å². The Bertz CT molecular complexity index is 607. The molecule has 18 heavy (non-hydrogen) atoms. The molecule has 0 bridgehead atoms. The summed E-state index contributed by atoms with van der Waals surface area (Å²) in [4.78, 5) is 3.75. The van der Waals surface area contributed by atoms with E-state index in [1.807, 2.05) is 13.8 Å². The Hall–Kier alpha value is -1.91. The van der Waals surface area contributed by atoms with Crippen molar-refractivity contribution >= 4 is 0 Å². The Labute approximate surface area is 104 Å². The van der Waals surface area contributed by atoms with Crippen molar-refractivity contribution in [1.29, 1.82) is 0 Å². The number of rotatable bonds is 1. The molecule has 3 heterocycles. The normalized spacial score (nSPS) is 14.2. The molecule has 0 radical (unpaired) electrons. The van der Waals surface area contributed by atoms with E-state index in [2.05, 4.69) is 10.1 Å². The van der Waals surface area contributed by atoms with Crippen LogP contribution in [0.5, 0.6) is 5.88 Å². The Balaban J connectivity index is 2.17. The van der Waals surface area contributed by atoms with Crippen molar-refractivity contribution in [3.05, 3.63) is 29.3 Å². The van der Waals surface area contributed by atoms with Crippen molar-refractivity contribution in [2.45, 2.75) is 26.8 Å². The number of nitrogens with zero attached hydrogens (tertiary/aromatic N) is 3. The zero-order valence-corrected chi connectivity index (χ0v) is 10.4. The van der Waals surface area contributed by atoms with Crippen LogP contribution in [0, 0.1) is 19.8 Å². The maximum Gasteiger partial charge on any atom is 0.222 e. The van der Waals surface area contributed by atoms with Crippen LogP contribution < -0.4 is 4.74 Å². The molecule has 0 N–H and O–H groups in total. The van der Waals surface area contributed by atoms with Gasteiger partial charge in [0.2, 0.25) is 11.8 Å². The third-order valence-corrected chi connectivity index (χ3v) is 3.12. The minimum atomic E-state index is -0.487. The van der Waals surface area contributed by atoms with Crippen molar-refractivity contribution in [2.75, 3.05) is 6.61 Å². The van der Waals surface area contributed by atoms with Gasteiger partial charge in [-0.15, -0.1) is 0 Å².